The topological polar surface area (TPSA) is 136 Å². The van der Waals surface area contributed by atoms with Crippen molar-refractivity contribution in [2.45, 2.75) is 96.9 Å². The van der Waals surface area contributed by atoms with Gasteiger partial charge in [0.15, 0.2) is 5.58 Å². The van der Waals surface area contributed by atoms with Crippen LogP contribution in [0.1, 0.15) is 72.3 Å². The van der Waals surface area contributed by atoms with E-state index in [1.54, 1.807) is 58.0 Å². The van der Waals surface area contributed by atoms with Gasteiger partial charge in [-0.2, -0.15) is 5.26 Å². The zero-order valence-corrected chi connectivity index (χ0v) is 26.7. The minimum absolute atomic E-state index is 0.0696. The van der Waals surface area contributed by atoms with Gasteiger partial charge in [-0.1, -0.05) is 38.0 Å². The summed E-state index contributed by atoms with van der Waals surface area (Å²) in [5.74, 6) is -1.65. The zero-order chi connectivity index (χ0) is 32.8. The molecule has 4 rings (SSSR count). The molecule has 2 aromatic carbocycles. The van der Waals surface area contributed by atoms with Gasteiger partial charge < -0.3 is 24.5 Å². The molecule has 1 heterocycles. The van der Waals surface area contributed by atoms with Crippen molar-refractivity contribution in [3.8, 4) is 17.2 Å². The fraction of sp³-hybridized carbons (Fsp3) is 0.529. The molecule has 1 saturated carbocycles. The van der Waals surface area contributed by atoms with Crippen molar-refractivity contribution in [1.29, 1.82) is 5.26 Å². The maximum Gasteiger partial charge on any atom is 0.420 e. The molecule has 1 aromatic heterocycles. The van der Waals surface area contributed by atoms with E-state index < -0.39 is 40.8 Å². The van der Waals surface area contributed by atoms with E-state index in [0.717, 1.165) is 32.1 Å². The van der Waals surface area contributed by atoms with Crippen LogP contribution in [0.2, 0.25) is 0 Å². The molecule has 0 radical (unpaired) electrons. The number of halogens is 1. The van der Waals surface area contributed by atoms with Crippen LogP contribution in [0, 0.1) is 23.1 Å². The molecule has 1 unspecified atom stereocenters. The summed E-state index contributed by atoms with van der Waals surface area (Å²) in [6.45, 7) is 10.2. The molecule has 45 heavy (non-hydrogen) atoms. The third-order valence-corrected chi connectivity index (χ3v) is 8.19. The normalized spacial score (nSPS) is 15.5. The summed E-state index contributed by atoms with van der Waals surface area (Å²) in [5, 5.41) is 15.3. The predicted octanol–water partition coefficient (Wildman–Crippen LogP) is 5.85. The van der Waals surface area contributed by atoms with E-state index in [2.05, 4.69) is 23.6 Å². The van der Waals surface area contributed by atoms with E-state index >= 15 is 4.39 Å². The lowest BCUT2D eigenvalue weighted by molar-refractivity contribution is -0.131. The van der Waals surface area contributed by atoms with Gasteiger partial charge in [-0.3, -0.25) is 9.36 Å². The van der Waals surface area contributed by atoms with Crippen LogP contribution < -0.4 is 16.4 Å². The summed E-state index contributed by atoms with van der Waals surface area (Å²) in [4.78, 5) is 38.5. The smallest absolute Gasteiger partial charge is 0.420 e. The quantitative estimate of drug-likeness (QED) is 0.228. The number of nitrogens with one attached hydrogen (secondary N) is 2. The van der Waals surface area contributed by atoms with Crippen LogP contribution in [0.3, 0.4) is 0 Å². The molecule has 0 saturated heterocycles. The van der Waals surface area contributed by atoms with Gasteiger partial charge in [0.2, 0.25) is 5.91 Å². The van der Waals surface area contributed by atoms with Crippen molar-refractivity contribution in [2.75, 3.05) is 13.2 Å². The van der Waals surface area contributed by atoms with Gasteiger partial charge in [-0.05, 0) is 87.8 Å². The largest absolute Gasteiger partial charge is 0.444 e. The van der Waals surface area contributed by atoms with Gasteiger partial charge in [0.25, 0.3) is 0 Å². The van der Waals surface area contributed by atoms with E-state index in [4.69, 9.17) is 13.9 Å². The maximum atomic E-state index is 15.4. The van der Waals surface area contributed by atoms with Crippen LogP contribution in [0.25, 0.3) is 22.2 Å². The fourth-order valence-corrected chi connectivity index (χ4v) is 5.35. The molecular weight excluding hydrogens is 579 g/mol. The number of carbonyl (C=O) groups excluding carboxylic acids is 2. The minimum Gasteiger partial charge on any atom is -0.444 e. The highest BCUT2D eigenvalue weighted by atomic mass is 19.1. The van der Waals surface area contributed by atoms with E-state index in [1.807, 2.05) is 0 Å². The third kappa shape index (κ3) is 8.31. The second-order valence-corrected chi connectivity index (χ2v) is 12.8. The summed E-state index contributed by atoms with van der Waals surface area (Å²) >= 11 is 0. The lowest BCUT2D eigenvalue weighted by Crippen LogP contribution is -2.64. The Morgan fingerprint density at radius 1 is 1.13 bits per heavy atom. The monoisotopic (exact) mass is 622 g/mol. The Kier molecular flexibility index (Phi) is 10.7. The van der Waals surface area contributed by atoms with Gasteiger partial charge in [-0.25, -0.2) is 14.0 Å². The first-order valence-electron chi connectivity index (χ1n) is 15.6. The van der Waals surface area contributed by atoms with Crippen LogP contribution in [0.4, 0.5) is 9.18 Å². The van der Waals surface area contributed by atoms with Crippen molar-refractivity contribution in [2.24, 2.45) is 5.92 Å². The minimum atomic E-state index is -1.29. The Morgan fingerprint density at radius 3 is 2.47 bits per heavy atom. The van der Waals surface area contributed by atoms with Crippen LogP contribution in [-0.4, -0.2) is 47.0 Å². The molecule has 1 aliphatic rings. The SMILES string of the molecule is CCCCOCCn1c(=O)oc2ccc(-c3ccc(C[C@@H](C#N)NC(=O)C(C)(NC(=O)OC(C)(C)C)C4CCC4)c(F)c3)cc21. The molecule has 2 amide bonds. The number of fused-ring (bicyclic) bond motifs is 1. The number of unbranched alkanes of at least 4 members (excludes halogenated alkanes) is 1. The Hall–Kier alpha value is -4.17. The average Bonchev–Trinajstić information content (AvgIpc) is 3.25. The molecule has 242 valence electrons. The summed E-state index contributed by atoms with van der Waals surface area (Å²) in [6.07, 6.45) is 3.61. The number of amides is 2. The highest BCUT2D eigenvalue weighted by Crippen LogP contribution is 2.37. The van der Waals surface area contributed by atoms with Crippen LogP contribution in [-0.2, 0) is 27.2 Å². The summed E-state index contributed by atoms with van der Waals surface area (Å²) in [5.41, 5.74) is 0.499. The van der Waals surface area contributed by atoms with Crippen molar-refractivity contribution in [3.05, 3.63) is 58.3 Å². The van der Waals surface area contributed by atoms with Crippen molar-refractivity contribution in [3.63, 3.8) is 0 Å². The molecule has 2 atom stereocenters. The Balaban J connectivity index is 1.47. The molecule has 0 aliphatic heterocycles. The van der Waals surface area contributed by atoms with E-state index in [9.17, 15) is 19.6 Å². The van der Waals surface area contributed by atoms with Crippen molar-refractivity contribution in [1.82, 2.24) is 15.2 Å². The maximum absolute atomic E-state index is 15.4. The van der Waals surface area contributed by atoms with Gasteiger partial charge in [0.05, 0.1) is 24.7 Å². The lowest BCUT2D eigenvalue weighted by atomic mass is 9.71. The third-order valence-electron chi connectivity index (χ3n) is 8.19. The Bertz CT molecular complexity index is 1610. The molecule has 1 aliphatic carbocycles. The van der Waals surface area contributed by atoms with E-state index in [1.165, 1.54) is 10.6 Å². The molecule has 10 nitrogen and oxygen atoms in total. The van der Waals surface area contributed by atoms with Crippen LogP contribution in [0.5, 0.6) is 0 Å². The van der Waals surface area contributed by atoms with Crippen LogP contribution in [0.15, 0.2) is 45.6 Å². The molecule has 11 heteroatoms. The second kappa shape index (κ2) is 14.3. The first-order valence-corrected chi connectivity index (χ1v) is 15.6. The van der Waals surface area contributed by atoms with Gasteiger partial charge in [0, 0.05) is 13.0 Å². The van der Waals surface area contributed by atoms with Crippen molar-refractivity contribution >= 4 is 23.1 Å². The second-order valence-electron chi connectivity index (χ2n) is 12.8. The predicted molar refractivity (Wildman–Crippen MR) is 168 cm³/mol. The Morgan fingerprint density at radius 2 is 1.84 bits per heavy atom. The fourth-order valence-electron chi connectivity index (χ4n) is 5.35. The van der Waals surface area contributed by atoms with Gasteiger partial charge >= 0.3 is 11.8 Å². The molecule has 1 fully saturated rings. The molecular formula is C34H43FN4O6. The number of alkyl carbamates (subject to hydrolysis) is 1. The number of nitrogens with zero attached hydrogens (tertiary/aromatic N) is 2. The van der Waals surface area contributed by atoms with Gasteiger partial charge in [0.1, 0.15) is 23.0 Å². The van der Waals surface area contributed by atoms with E-state index in [-0.39, 0.29) is 17.9 Å². The summed E-state index contributed by atoms with van der Waals surface area (Å²) in [6, 6.07) is 10.9. The number of rotatable bonds is 13. The zero-order valence-electron chi connectivity index (χ0n) is 26.7. The first kappa shape index (κ1) is 33.7. The summed E-state index contributed by atoms with van der Waals surface area (Å²) in [7, 11) is 0. The highest BCUT2D eigenvalue weighted by molar-refractivity contribution is 5.90. The molecule has 2 N–H and O–H groups in total. The summed E-state index contributed by atoms with van der Waals surface area (Å²) < 4.78 is 33.3. The number of benzene rings is 2. The highest BCUT2D eigenvalue weighted by Gasteiger charge is 2.46. The Labute approximate surface area is 262 Å². The number of oxazole rings is 1. The average molecular weight is 623 g/mol. The number of hydrogen-bond acceptors (Lipinski definition) is 7. The number of hydrogen-bond donors (Lipinski definition) is 2. The first-order chi connectivity index (χ1) is 21.3. The van der Waals surface area contributed by atoms with E-state index in [0.29, 0.717) is 42.0 Å². The standard InChI is InChI=1S/C34H43FN4O6/c1-6-7-16-43-17-15-39-28-20-23(13-14-29(28)44-32(39)42)22-11-12-24(27(35)19-22)18-26(21-36)37-30(40)34(5,25-9-8-10-25)38-31(41)45-33(2,3)4/h11-14,19-20,25-26H,6-10,15-18H2,1-5H3,(H,37,40)(H,38,41)/t26-,34?/m0/s1. The number of nitriles is 1. The molecule has 0 bridgehead atoms. The van der Waals surface area contributed by atoms with Crippen molar-refractivity contribution < 1.29 is 27.9 Å². The lowest BCUT2D eigenvalue weighted by Gasteiger charge is -2.42. The number of ether oxygens (including phenoxy) is 2. The van der Waals surface area contributed by atoms with Crippen LogP contribution >= 0.6 is 0 Å². The number of carbonyl (C=O) groups is 2. The molecule has 3 aromatic rings. The molecule has 0 spiro atoms. The number of aromatic nitrogens is 1. The van der Waals surface area contributed by atoms with Gasteiger partial charge in [-0.15, -0.1) is 0 Å².